The molecule has 9 nitrogen and oxygen atoms in total. The van der Waals surface area contributed by atoms with Crippen molar-refractivity contribution in [2.75, 3.05) is 44.2 Å². The minimum absolute atomic E-state index is 0.128. The van der Waals surface area contributed by atoms with Gasteiger partial charge in [-0.2, -0.15) is 0 Å². The number of aromatic nitrogens is 2. The number of amides is 1. The number of nitrogens with zero attached hydrogens (tertiary/aromatic N) is 5. The number of aliphatic imine (C=N–C) groups is 1. The smallest absolute Gasteiger partial charge is 0.251 e. The first-order chi connectivity index (χ1) is 13.1. The quantitative estimate of drug-likeness (QED) is 0.387. The summed E-state index contributed by atoms with van der Waals surface area (Å²) >= 11 is 0. The fourth-order valence-corrected chi connectivity index (χ4v) is 2.74. The molecule has 0 aliphatic carbocycles. The molecule has 142 valence electrons. The summed E-state index contributed by atoms with van der Waals surface area (Å²) in [5.74, 6) is 1.12. The number of rotatable bonds is 5. The predicted octanol–water partition coefficient (Wildman–Crippen LogP) is 0.0489. The topological polar surface area (TPSA) is 120 Å². The van der Waals surface area contributed by atoms with E-state index in [0.717, 1.165) is 32.1 Å². The fourth-order valence-electron chi connectivity index (χ4n) is 2.74. The van der Waals surface area contributed by atoms with E-state index < -0.39 is 0 Å². The molecular formula is C18H23N7O2. The van der Waals surface area contributed by atoms with E-state index in [9.17, 15) is 9.90 Å². The van der Waals surface area contributed by atoms with Gasteiger partial charge >= 0.3 is 0 Å². The van der Waals surface area contributed by atoms with Gasteiger partial charge in [-0.05, 0) is 30.3 Å². The summed E-state index contributed by atoms with van der Waals surface area (Å²) in [7, 11) is 0. The van der Waals surface area contributed by atoms with Crippen LogP contribution >= 0.6 is 0 Å². The molecule has 1 aromatic carbocycles. The van der Waals surface area contributed by atoms with Crippen LogP contribution in [-0.2, 0) is 0 Å². The zero-order valence-corrected chi connectivity index (χ0v) is 15.0. The molecule has 1 aliphatic rings. The van der Waals surface area contributed by atoms with E-state index in [0.29, 0.717) is 24.6 Å². The Morgan fingerprint density at radius 3 is 2.48 bits per heavy atom. The molecule has 1 saturated heterocycles. The minimum atomic E-state index is -0.208. The van der Waals surface area contributed by atoms with Crippen molar-refractivity contribution in [2.24, 2.45) is 10.7 Å². The van der Waals surface area contributed by atoms with Crippen LogP contribution in [0.1, 0.15) is 10.4 Å². The average Bonchev–Trinajstić information content (AvgIpc) is 2.72. The number of phenols is 1. The lowest BCUT2D eigenvalue weighted by Crippen LogP contribution is -2.51. The molecule has 1 fully saturated rings. The number of carbonyl (C=O) groups excluding carboxylic acids is 1. The van der Waals surface area contributed by atoms with Gasteiger partial charge in [0, 0.05) is 50.7 Å². The summed E-state index contributed by atoms with van der Waals surface area (Å²) in [5.41, 5.74) is 6.55. The monoisotopic (exact) mass is 369 g/mol. The van der Waals surface area contributed by atoms with Crippen LogP contribution in [0, 0.1) is 0 Å². The zero-order chi connectivity index (χ0) is 19.1. The molecule has 2 aromatic rings. The number of benzene rings is 1. The second-order valence-electron chi connectivity index (χ2n) is 6.07. The number of carbonyl (C=O) groups is 1. The van der Waals surface area contributed by atoms with Crippen molar-refractivity contribution in [3.05, 3.63) is 48.3 Å². The number of hydrogen-bond acceptors (Lipinski definition) is 6. The molecule has 0 atom stereocenters. The highest BCUT2D eigenvalue weighted by atomic mass is 16.3. The van der Waals surface area contributed by atoms with Crippen molar-refractivity contribution in [1.82, 2.24) is 20.2 Å². The summed E-state index contributed by atoms with van der Waals surface area (Å²) in [6, 6.07) is 7.89. The Kier molecular flexibility index (Phi) is 6.03. The highest BCUT2D eigenvalue weighted by Gasteiger charge is 2.19. The SMILES string of the molecule is NC(=NCCNC(=O)c1ccc(O)cc1)N1CCN(c2ncccn2)CC1. The standard InChI is InChI=1S/C18H23N7O2/c19-17(21-9-8-20-16(27)14-2-4-15(26)5-3-14)24-10-12-25(13-11-24)18-22-6-1-7-23-18/h1-7,26H,8-13H2,(H2,19,21)(H,20,27). The van der Waals surface area contributed by atoms with Crippen molar-refractivity contribution in [3.8, 4) is 5.75 Å². The van der Waals surface area contributed by atoms with Crippen LogP contribution in [0.5, 0.6) is 5.75 Å². The van der Waals surface area contributed by atoms with Crippen LogP contribution in [0.25, 0.3) is 0 Å². The Morgan fingerprint density at radius 1 is 1.15 bits per heavy atom. The normalized spacial score (nSPS) is 14.9. The highest BCUT2D eigenvalue weighted by molar-refractivity contribution is 5.94. The van der Waals surface area contributed by atoms with E-state index in [-0.39, 0.29) is 11.7 Å². The molecule has 0 saturated carbocycles. The van der Waals surface area contributed by atoms with E-state index in [1.54, 1.807) is 30.6 Å². The minimum Gasteiger partial charge on any atom is -0.508 e. The molecule has 1 amide bonds. The van der Waals surface area contributed by atoms with Crippen molar-refractivity contribution in [1.29, 1.82) is 0 Å². The van der Waals surface area contributed by atoms with Crippen LogP contribution in [0.4, 0.5) is 5.95 Å². The Hall–Kier alpha value is -3.36. The fraction of sp³-hybridized carbons (Fsp3) is 0.333. The molecule has 3 rings (SSSR count). The molecule has 0 bridgehead atoms. The molecule has 0 radical (unpaired) electrons. The van der Waals surface area contributed by atoms with E-state index in [4.69, 9.17) is 5.73 Å². The number of piperazine rings is 1. The molecule has 0 unspecified atom stereocenters. The summed E-state index contributed by atoms with van der Waals surface area (Å²) in [6.07, 6.45) is 3.47. The van der Waals surface area contributed by atoms with Crippen LogP contribution in [0.2, 0.25) is 0 Å². The van der Waals surface area contributed by atoms with E-state index in [1.807, 2.05) is 4.90 Å². The number of anilines is 1. The van der Waals surface area contributed by atoms with Crippen LogP contribution < -0.4 is 16.0 Å². The molecule has 9 heteroatoms. The van der Waals surface area contributed by atoms with Crippen molar-refractivity contribution < 1.29 is 9.90 Å². The number of aromatic hydroxyl groups is 1. The number of phenolic OH excluding ortho intramolecular Hbond substituents is 1. The third kappa shape index (κ3) is 5.06. The first-order valence-corrected chi connectivity index (χ1v) is 8.77. The van der Waals surface area contributed by atoms with Crippen LogP contribution in [-0.4, -0.2) is 71.1 Å². The van der Waals surface area contributed by atoms with Gasteiger partial charge in [0.15, 0.2) is 5.96 Å². The second-order valence-corrected chi connectivity index (χ2v) is 6.07. The lowest BCUT2D eigenvalue weighted by molar-refractivity contribution is 0.0955. The first kappa shape index (κ1) is 18.4. The number of hydrogen-bond donors (Lipinski definition) is 3. The van der Waals surface area contributed by atoms with Gasteiger partial charge in [-0.1, -0.05) is 0 Å². The number of guanidine groups is 1. The van der Waals surface area contributed by atoms with E-state index in [2.05, 4.69) is 25.2 Å². The molecule has 2 heterocycles. The third-order valence-corrected chi connectivity index (χ3v) is 4.24. The van der Waals surface area contributed by atoms with Gasteiger partial charge < -0.3 is 26.0 Å². The second kappa shape index (κ2) is 8.84. The summed E-state index contributed by atoms with van der Waals surface area (Å²) < 4.78 is 0. The van der Waals surface area contributed by atoms with Gasteiger partial charge in [0.2, 0.25) is 5.95 Å². The number of nitrogens with one attached hydrogen (secondary N) is 1. The summed E-state index contributed by atoms with van der Waals surface area (Å²) in [5, 5.41) is 12.0. The highest BCUT2D eigenvalue weighted by Crippen LogP contribution is 2.10. The maximum atomic E-state index is 12.0. The van der Waals surface area contributed by atoms with Crippen molar-refractivity contribution in [3.63, 3.8) is 0 Å². The lowest BCUT2D eigenvalue weighted by Gasteiger charge is -2.35. The summed E-state index contributed by atoms with van der Waals surface area (Å²) in [4.78, 5) is 29.0. The molecular weight excluding hydrogens is 346 g/mol. The average molecular weight is 369 g/mol. The molecule has 1 aliphatic heterocycles. The Labute approximate surface area is 157 Å². The van der Waals surface area contributed by atoms with Gasteiger partial charge in [-0.15, -0.1) is 0 Å². The largest absolute Gasteiger partial charge is 0.508 e. The Balaban J connectivity index is 1.41. The van der Waals surface area contributed by atoms with Gasteiger partial charge in [0.1, 0.15) is 5.75 Å². The molecule has 27 heavy (non-hydrogen) atoms. The Morgan fingerprint density at radius 2 is 1.81 bits per heavy atom. The maximum Gasteiger partial charge on any atom is 0.251 e. The maximum absolute atomic E-state index is 12.0. The summed E-state index contributed by atoms with van der Waals surface area (Å²) in [6.45, 7) is 3.83. The number of nitrogens with two attached hydrogens (primary N) is 1. The Bertz CT molecular complexity index is 772. The molecule has 1 aromatic heterocycles. The van der Waals surface area contributed by atoms with Gasteiger partial charge in [0.25, 0.3) is 5.91 Å². The molecule has 4 N–H and O–H groups in total. The van der Waals surface area contributed by atoms with E-state index >= 15 is 0 Å². The first-order valence-electron chi connectivity index (χ1n) is 8.77. The van der Waals surface area contributed by atoms with Crippen molar-refractivity contribution in [2.45, 2.75) is 0 Å². The van der Waals surface area contributed by atoms with Gasteiger partial charge in [0.05, 0.1) is 6.54 Å². The lowest BCUT2D eigenvalue weighted by atomic mass is 10.2. The van der Waals surface area contributed by atoms with Crippen LogP contribution in [0.15, 0.2) is 47.7 Å². The predicted molar refractivity (Wildman–Crippen MR) is 103 cm³/mol. The van der Waals surface area contributed by atoms with Gasteiger partial charge in [-0.25, -0.2) is 9.97 Å². The van der Waals surface area contributed by atoms with Gasteiger partial charge in [-0.3, -0.25) is 9.79 Å². The van der Waals surface area contributed by atoms with Crippen LogP contribution in [0.3, 0.4) is 0 Å². The third-order valence-electron chi connectivity index (χ3n) is 4.24. The van der Waals surface area contributed by atoms with E-state index in [1.165, 1.54) is 12.1 Å². The molecule has 0 spiro atoms. The van der Waals surface area contributed by atoms with Crippen molar-refractivity contribution >= 4 is 17.8 Å². The zero-order valence-electron chi connectivity index (χ0n) is 15.0.